The van der Waals surface area contributed by atoms with Gasteiger partial charge in [0, 0.05) is 4.70 Å². The Morgan fingerprint density at radius 1 is 1.20 bits per heavy atom. The molecule has 0 saturated carbocycles. The molecule has 0 aliphatic rings. The van der Waals surface area contributed by atoms with Gasteiger partial charge in [0.25, 0.3) is 0 Å². The summed E-state index contributed by atoms with van der Waals surface area (Å²) < 4.78 is 42.4. The predicted octanol–water partition coefficient (Wildman–Crippen LogP) is 2.96. The molecule has 6 heteroatoms. The van der Waals surface area contributed by atoms with Crippen LogP contribution >= 0.6 is 11.3 Å². The van der Waals surface area contributed by atoms with Gasteiger partial charge < -0.3 is 17.7 Å². The Bertz CT molecular complexity index is 492. The Morgan fingerprint density at radius 2 is 1.93 bits per heavy atom. The van der Waals surface area contributed by atoms with E-state index in [1.807, 2.05) is 0 Å². The number of hydrogen-bond donors (Lipinski definition) is 0. The Balaban J connectivity index is 2.56. The van der Waals surface area contributed by atoms with Gasteiger partial charge in [-0.2, -0.15) is 11.3 Å². The van der Waals surface area contributed by atoms with Crippen LogP contribution in [0, 0.1) is 0 Å². The Kier molecular flexibility index (Phi) is 2.38. The van der Waals surface area contributed by atoms with Crippen LogP contribution in [-0.2, 0) is 0 Å². The maximum absolute atomic E-state index is 12.5. The third-order valence-corrected chi connectivity index (χ3v) is 3.28. The maximum atomic E-state index is 12.5. The predicted molar refractivity (Wildman–Crippen MR) is 57.1 cm³/mol. The number of rotatable bonds is 2. The van der Waals surface area contributed by atoms with Gasteiger partial charge in [-0.05, 0) is 23.6 Å². The number of benzene rings is 1. The van der Waals surface area contributed by atoms with Gasteiger partial charge in [0.2, 0.25) is 0 Å². The largest absolute Gasteiger partial charge is 0.519 e. The molecule has 0 N–H and O–H groups in total. The maximum Gasteiger partial charge on any atom is 0.519 e. The smallest absolute Gasteiger partial charge is 0.497 e. The molecule has 0 bridgehead atoms. The first-order valence-electron chi connectivity index (χ1n) is 4.28. The van der Waals surface area contributed by atoms with Gasteiger partial charge >= 0.3 is 6.98 Å². The molecule has 1 aromatic carbocycles. The first-order valence-corrected chi connectivity index (χ1v) is 5.10. The highest BCUT2D eigenvalue weighted by atomic mass is 32.1. The highest BCUT2D eigenvalue weighted by Crippen LogP contribution is 2.26. The van der Waals surface area contributed by atoms with Crippen LogP contribution in [-0.4, -0.2) is 14.1 Å². The van der Waals surface area contributed by atoms with E-state index in [1.165, 1.54) is 13.2 Å². The van der Waals surface area contributed by atoms with Gasteiger partial charge in [-0.15, -0.1) is 0 Å². The second-order valence-electron chi connectivity index (χ2n) is 3.13. The number of halogens is 3. The molecule has 15 heavy (non-hydrogen) atoms. The van der Waals surface area contributed by atoms with E-state index in [0.717, 1.165) is 11.3 Å². The highest BCUT2D eigenvalue weighted by molar-refractivity contribution is 7.29. The third-order valence-electron chi connectivity index (χ3n) is 2.07. The van der Waals surface area contributed by atoms with Gasteiger partial charge in [-0.3, -0.25) is 0 Å². The molecular formula is C9H7BF3OS-. The molecule has 2 aromatic rings. The summed E-state index contributed by atoms with van der Waals surface area (Å²) in [5, 5.41) is 0.577. The topological polar surface area (TPSA) is 9.23 Å². The van der Waals surface area contributed by atoms with E-state index in [1.54, 1.807) is 18.2 Å². The number of ether oxygens (including phenoxy) is 1. The Labute approximate surface area is 88.5 Å². The summed E-state index contributed by atoms with van der Waals surface area (Å²) in [6.07, 6.45) is 0. The van der Waals surface area contributed by atoms with Crippen molar-refractivity contribution in [1.82, 2.24) is 0 Å². The standard InChI is InChI=1S/C9H7BF3OS/c1-14-7-2-3-8-6(4-7)5-9(15-8)10(11,12)13/h2-5H,1H3/q-1. The fraction of sp³-hybridized carbons (Fsp3) is 0.111. The summed E-state index contributed by atoms with van der Waals surface area (Å²) in [5.41, 5.74) is 0. The van der Waals surface area contributed by atoms with E-state index < -0.39 is 11.8 Å². The fourth-order valence-electron chi connectivity index (χ4n) is 1.33. The molecule has 0 aliphatic heterocycles. The van der Waals surface area contributed by atoms with E-state index in [2.05, 4.69) is 0 Å². The molecule has 0 spiro atoms. The lowest BCUT2D eigenvalue weighted by molar-refractivity contribution is 0.415. The average Bonchev–Trinajstić information content (AvgIpc) is 2.59. The zero-order chi connectivity index (χ0) is 11.1. The first kappa shape index (κ1) is 10.4. The van der Waals surface area contributed by atoms with Crippen LogP contribution in [0.1, 0.15) is 0 Å². The van der Waals surface area contributed by atoms with Crippen LogP contribution in [0.3, 0.4) is 0 Å². The minimum atomic E-state index is -4.90. The fourth-order valence-corrected chi connectivity index (χ4v) is 2.28. The summed E-state index contributed by atoms with van der Waals surface area (Å²) in [7, 11) is 1.49. The van der Waals surface area contributed by atoms with Crippen molar-refractivity contribution in [3.8, 4) is 5.75 Å². The Hall–Kier alpha value is -1.17. The van der Waals surface area contributed by atoms with E-state index in [-0.39, 0.29) is 0 Å². The van der Waals surface area contributed by atoms with Crippen LogP contribution in [0.25, 0.3) is 10.1 Å². The second-order valence-corrected chi connectivity index (χ2v) is 4.24. The lowest BCUT2D eigenvalue weighted by atomic mass is 9.89. The first-order chi connectivity index (χ1) is 7.00. The summed E-state index contributed by atoms with van der Waals surface area (Å²) in [5.74, 6) is 0.571. The molecule has 0 aliphatic carbocycles. The highest BCUT2D eigenvalue weighted by Gasteiger charge is 2.27. The number of hydrogen-bond acceptors (Lipinski definition) is 2. The molecule has 80 valence electrons. The van der Waals surface area contributed by atoms with Gasteiger partial charge in [-0.1, -0.05) is 10.8 Å². The summed E-state index contributed by atoms with van der Waals surface area (Å²) >= 11 is 0.771. The van der Waals surface area contributed by atoms with E-state index in [9.17, 15) is 12.9 Å². The minimum Gasteiger partial charge on any atom is -0.497 e. The van der Waals surface area contributed by atoms with Gasteiger partial charge in [-0.25, -0.2) is 0 Å². The van der Waals surface area contributed by atoms with Gasteiger partial charge in [0.05, 0.1) is 7.11 Å². The van der Waals surface area contributed by atoms with Crippen molar-refractivity contribution in [3.63, 3.8) is 0 Å². The second kappa shape index (κ2) is 3.45. The molecule has 0 saturated heterocycles. The van der Waals surface area contributed by atoms with Crippen LogP contribution in [0.5, 0.6) is 5.75 Å². The number of methoxy groups -OCH3 is 1. The van der Waals surface area contributed by atoms with E-state index in [4.69, 9.17) is 4.74 Å². The summed E-state index contributed by atoms with van der Waals surface area (Å²) in [6.45, 7) is -4.90. The molecule has 0 unspecified atom stereocenters. The molecule has 2 rings (SSSR count). The molecule has 1 aromatic heterocycles. The van der Waals surface area contributed by atoms with E-state index >= 15 is 0 Å². The Morgan fingerprint density at radius 3 is 2.53 bits per heavy atom. The van der Waals surface area contributed by atoms with Crippen LogP contribution in [0.4, 0.5) is 12.9 Å². The van der Waals surface area contributed by atoms with Crippen molar-refractivity contribution in [2.45, 2.75) is 0 Å². The van der Waals surface area contributed by atoms with Crippen molar-refractivity contribution < 1.29 is 17.7 Å². The zero-order valence-corrected chi connectivity index (χ0v) is 8.65. The molecular weight excluding hydrogens is 224 g/mol. The lowest BCUT2D eigenvalue weighted by Crippen LogP contribution is -2.30. The van der Waals surface area contributed by atoms with Gasteiger partial charge in [0.1, 0.15) is 5.75 Å². The molecule has 0 amide bonds. The van der Waals surface area contributed by atoms with Crippen LogP contribution < -0.4 is 9.51 Å². The van der Waals surface area contributed by atoms with Crippen molar-refractivity contribution in [2.24, 2.45) is 0 Å². The molecule has 1 heterocycles. The zero-order valence-electron chi connectivity index (χ0n) is 7.84. The lowest BCUT2D eigenvalue weighted by Gasteiger charge is -2.09. The van der Waals surface area contributed by atoms with Gasteiger partial charge in [0.15, 0.2) is 0 Å². The summed E-state index contributed by atoms with van der Waals surface area (Å²) in [6, 6.07) is 6.08. The SMILES string of the molecule is COc1ccc2sc([B-](F)(F)F)cc2c1. The normalized spacial score (nSPS) is 12.0. The van der Waals surface area contributed by atoms with Crippen molar-refractivity contribution in [3.05, 3.63) is 24.3 Å². The monoisotopic (exact) mass is 231 g/mol. The van der Waals surface area contributed by atoms with Crippen LogP contribution in [0.15, 0.2) is 24.3 Å². The quantitative estimate of drug-likeness (QED) is 0.722. The average molecular weight is 231 g/mol. The van der Waals surface area contributed by atoms with Crippen molar-refractivity contribution in [2.75, 3.05) is 7.11 Å². The molecule has 0 fully saturated rings. The van der Waals surface area contributed by atoms with Crippen molar-refractivity contribution >= 4 is 33.2 Å². The van der Waals surface area contributed by atoms with Crippen molar-refractivity contribution in [1.29, 1.82) is 0 Å². The molecule has 1 nitrogen and oxygen atoms in total. The minimum absolute atomic E-state index is 0.516. The third kappa shape index (κ3) is 1.94. The van der Waals surface area contributed by atoms with E-state index in [0.29, 0.717) is 15.8 Å². The summed E-state index contributed by atoms with van der Waals surface area (Å²) in [4.78, 5) is 0. The number of fused-ring (bicyclic) bond motifs is 1. The molecule has 0 radical (unpaired) electrons. The number of thiophene rings is 1. The molecule has 0 atom stereocenters. The van der Waals surface area contributed by atoms with Crippen LogP contribution in [0.2, 0.25) is 0 Å².